The second-order valence-electron chi connectivity index (χ2n) is 4.82. The summed E-state index contributed by atoms with van der Waals surface area (Å²) in [5, 5.41) is 3.64. The zero-order valence-electron chi connectivity index (χ0n) is 9.88. The number of nitrogens with one attached hydrogen (secondary N) is 1. The standard InChI is InChI=1S/C14H20ClN/c1-11-4-2-5-12(8-11)10-16-14-7-3-6-13(14)9-15/h2,4-5,8,13-14,16H,3,6-7,9-10H2,1H3. The molecule has 1 aliphatic rings. The molecule has 0 spiro atoms. The second kappa shape index (κ2) is 5.70. The van der Waals surface area contributed by atoms with Crippen molar-refractivity contribution in [2.75, 3.05) is 5.88 Å². The van der Waals surface area contributed by atoms with Crippen LogP contribution >= 0.6 is 11.6 Å². The van der Waals surface area contributed by atoms with Crippen molar-refractivity contribution in [1.29, 1.82) is 0 Å². The summed E-state index contributed by atoms with van der Waals surface area (Å²) in [4.78, 5) is 0. The highest BCUT2D eigenvalue weighted by atomic mass is 35.5. The Morgan fingerprint density at radius 2 is 2.25 bits per heavy atom. The SMILES string of the molecule is Cc1cccc(CNC2CCCC2CCl)c1. The molecule has 0 heterocycles. The molecule has 0 saturated heterocycles. The van der Waals surface area contributed by atoms with Gasteiger partial charge < -0.3 is 5.32 Å². The number of hydrogen-bond donors (Lipinski definition) is 1. The number of hydrogen-bond acceptors (Lipinski definition) is 1. The number of benzene rings is 1. The molecule has 1 fully saturated rings. The predicted octanol–water partition coefficient (Wildman–Crippen LogP) is 3.49. The van der Waals surface area contributed by atoms with E-state index in [9.17, 15) is 0 Å². The number of aryl methyl sites for hydroxylation is 1. The molecule has 0 amide bonds. The van der Waals surface area contributed by atoms with E-state index in [0.29, 0.717) is 12.0 Å². The maximum atomic E-state index is 5.97. The van der Waals surface area contributed by atoms with Crippen molar-refractivity contribution in [1.82, 2.24) is 5.32 Å². The Hall–Kier alpha value is -0.530. The molecule has 2 heteroatoms. The quantitative estimate of drug-likeness (QED) is 0.791. The van der Waals surface area contributed by atoms with Gasteiger partial charge >= 0.3 is 0 Å². The molecule has 0 radical (unpaired) electrons. The molecule has 1 aliphatic carbocycles. The van der Waals surface area contributed by atoms with Gasteiger partial charge in [0.2, 0.25) is 0 Å². The van der Waals surface area contributed by atoms with Gasteiger partial charge in [-0.2, -0.15) is 0 Å². The van der Waals surface area contributed by atoms with Gasteiger partial charge in [0.15, 0.2) is 0 Å². The van der Waals surface area contributed by atoms with E-state index < -0.39 is 0 Å². The van der Waals surface area contributed by atoms with Crippen LogP contribution in [0.2, 0.25) is 0 Å². The van der Waals surface area contributed by atoms with E-state index in [-0.39, 0.29) is 0 Å². The fraction of sp³-hybridized carbons (Fsp3) is 0.571. The summed E-state index contributed by atoms with van der Waals surface area (Å²) in [5.41, 5.74) is 2.71. The van der Waals surface area contributed by atoms with E-state index in [1.54, 1.807) is 0 Å². The van der Waals surface area contributed by atoms with Gasteiger partial charge in [0.05, 0.1) is 0 Å². The van der Waals surface area contributed by atoms with Crippen molar-refractivity contribution in [2.24, 2.45) is 5.92 Å². The van der Waals surface area contributed by atoms with Gasteiger partial charge in [0.25, 0.3) is 0 Å². The van der Waals surface area contributed by atoms with Crippen LogP contribution in [-0.4, -0.2) is 11.9 Å². The minimum atomic E-state index is 0.623. The van der Waals surface area contributed by atoms with Crippen LogP contribution in [0.3, 0.4) is 0 Å². The van der Waals surface area contributed by atoms with Gasteiger partial charge in [-0.1, -0.05) is 36.2 Å². The van der Waals surface area contributed by atoms with Crippen LogP contribution in [0.4, 0.5) is 0 Å². The average Bonchev–Trinajstić information content (AvgIpc) is 2.74. The maximum Gasteiger partial charge on any atom is 0.0266 e. The molecular formula is C14H20ClN. The fourth-order valence-electron chi connectivity index (χ4n) is 2.56. The normalized spacial score (nSPS) is 24.9. The van der Waals surface area contributed by atoms with Gasteiger partial charge in [-0.15, -0.1) is 11.6 Å². The molecule has 16 heavy (non-hydrogen) atoms. The molecule has 2 rings (SSSR count). The van der Waals surface area contributed by atoms with Crippen molar-refractivity contribution in [3.8, 4) is 0 Å². The molecule has 0 bridgehead atoms. The van der Waals surface area contributed by atoms with Gasteiger partial charge in [-0.3, -0.25) is 0 Å². The third-order valence-corrected chi connectivity index (χ3v) is 3.90. The molecule has 1 saturated carbocycles. The molecule has 0 aliphatic heterocycles. The molecule has 0 aromatic heterocycles. The Kier molecular flexibility index (Phi) is 4.25. The first kappa shape index (κ1) is 11.9. The van der Waals surface area contributed by atoms with E-state index in [2.05, 4.69) is 36.5 Å². The average molecular weight is 238 g/mol. The lowest BCUT2D eigenvalue weighted by molar-refractivity contribution is 0.429. The molecule has 88 valence electrons. The first-order valence-corrected chi connectivity index (χ1v) is 6.68. The van der Waals surface area contributed by atoms with E-state index in [1.165, 1.54) is 30.4 Å². The lowest BCUT2D eigenvalue weighted by Gasteiger charge is -2.19. The lowest BCUT2D eigenvalue weighted by atomic mass is 10.1. The van der Waals surface area contributed by atoms with Crippen molar-refractivity contribution in [2.45, 2.75) is 38.8 Å². The summed E-state index contributed by atoms with van der Waals surface area (Å²) in [6.07, 6.45) is 3.89. The number of alkyl halides is 1. The summed E-state index contributed by atoms with van der Waals surface area (Å²) < 4.78 is 0. The number of rotatable bonds is 4. The highest BCUT2D eigenvalue weighted by Gasteiger charge is 2.25. The highest BCUT2D eigenvalue weighted by Crippen LogP contribution is 2.26. The summed E-state index contributed by atoms with van der Waals surface area (Å²) in [6.45, 7) is 3.11. The van der Waals surface area contributed by atoms with Crippen LogP contribution in [0.15, 0.2) is 24.3 Å². The second-order valence-corrected chi connectivity index (χ2v) is 5.13. The minimum absolute atomic E-state index is 0.623. The van der Waals surface area contributed by atoms with Crippen LogP contribution in [0.1, 0.15) is 30.4 Å². The van der Waals surface area contributed by atoms with E-state index in [4.69, 9.17) is 11.6 Å². The van der Waals surface area contributed by atoms with E-state index in [0.717, 1.165) is 12.4 Å². The molecule has 1 nitrogen and oxygen atoms in total. The van der Waals surface area contributed by atoms with Crippen LogP contribution in [-0.2, 0) is 6.54 Å². The van der Waals surface area contributed by atoms with Crippen LogP contribution in [0.25, 0.3) is 0 Å². The van der Waals surface area contributed by atoms with Gasteiger partial charge in [0.1, 0.15) is 0 Å². The monoisotopic (exact) mass is 237 g/mol. The Labute approximate surface area is 103 Å². The van der Waals surface area contributed by atoms with Crippen molar-refractivity contribution < 1.29 is 0 Å². The highest BCUT2D eigenvalue weighted by molar-refractivity contribution is 6.18. The summed E-state index contributed by atoms with van der Waals surface area (Å²) >= 11 is 5.97. The first-order chi connectivity index (χ1) is 7.79. The molecule has 1 N–H and O–H groups in total. The van der Waals surface area contributed by atoms with Crippen molar-refractivity contribution >= 4 is 11.6 Å². The zero-order chi connectivity index (χ0) is 11.4. The summed E-state index contributed by atoms with van der Waals surface area (Å²) in [7, 11) is 0. The van der Waals surface area contributed by atoms with Crippen molar-refractivity contribution in [3.63, 3.8) is 0 Å². The lowest BCUT2D eigenvalue weighted by Crippen LogP contribution is -2.32. The third-order valence-electron chi connectivity index (χ3n) is 3.51. The molecule has 2 unspecified atom stereocenters. The largest absolute Gasteiger partial charge is 0.310 e. The zero-order valence-corrected chi connectivity index (χ0v) is 10.6. The summed E-state index contributed by atoms with van der Waals surface area (Å²) in [5.74, 6) is 1.47. The van der Waals surface area contributed by atoms with Crippen LogP contribution in [0, 0.1) is 12.8 Å². The van der Waals surface area contributed by atoms with Gasteiger partial charge in [-0.25, -0.2) is 0 Å². The predicted molar refractivity (Wildman–Crippen MR) is 69.9 cm³/mol. The summed E-state index contributed by atoms with van der Waals surface area (Å²) in [6, 6.07) is 9.32. The van der Waals surface area contributed by atoms with E-state index in [1.807, 2.05) is 0 Å². The topological polar surface area (TPSA) is 12.0 Å². The first-order valence-electron chi connectivity index (χ1n) is 6.14. The smallest absolute Gasteiger partial charge is 0.0266 e. The number of halogens is 1. The Morgan fingerprint density at radius 3 is 3.00 bits per heavy atom. The Bertz CT molecular complexity index is 337. The fourth-order valence-corrected chi connectivity index (χ4v) is 2.93. The Balaban J connectivity index is 1.87. The molecular weight excluding hydrogens is 218 g/mol. The van der Waals surface area contributed by atoms with Crippen molar-refractivity contribution in [3.05, 3.63) is 35.4 Å². The maximum absolute atomic E-state index is 5.97. The molecule has 1 aromatic carbocycles. The van der Waals surface area contributed by atoms with Gasteiger partial charge in [-0.05, 0) is 31.2 Å². The van der Waals surface area contributed by atoms with Crippen LogP contribution in [0.5, 0.6) is 0 Å². The third kappa shape index (κ3) is 2.99. The van der Waals surface area contributed by atoms with Crippen LogP contribution < -0.4 is 5.32 Å². The van der Waals surface area contributed by atoms with Gasteiger partial charge in [0, 0.05) is 18.5 Å². The van der Waals surface area contributed by atoms with E-state index >= 15 is 0 Å². The Morgan fingerprint density at radius 1 is 1.38 bits per heavy atom. The minimum Gasteiger partial charge on any atom is -0.310 e. The molecule has 1 aromatic rings. The molecule has 2 atom stereocenters.